The summed E-state index contributed by atoms with van der Waals surface area (Å²) in [5, 5.41) is 22.6. The lowest BCUT2D eigenvalue weighted by molar-refractivity contribution is -0.384. The minimum absolute atomic E-state index is 0.146. The van der Waals surface area contributed by atoms with Gasteiger partial charge in [0.05, 0.1) is 20.6 Å². The van der Waals surface area contributed by atoms with Crippen molar-refractivity contribution in [2.45, 2.75) is 6.54 Å². The van der Waals surface area contributed by atoms with E-state index in [-0.39, 0.29) is 17.1 Å². The number of hydrogen-bond acceptors (Lipinski definition) is 4. The minimum Gasteiger partial charge on any atom is -0.380 e. The molecule has 106 valence electrons. The van der Waals surface area contributed by atoms with E-state index in [4.69, 9.17) is 5.26 Å². The Morgan fingerprint density at radius 2 is 2.10 bits per heavy atom. The number of hydrogen-bond donors (Lipinski definition) is 1. The predicted octanol–water partition coefficient (Wildman–Crippen LogP) is 3.98. The van der Waals surface area contributed by atoms with Gasteiger partial charge in [0.2, 0.25) is 0 Å². The molecule has 0 aliphatic rings. The van der Waals surface area contributed by atoms with Gasteiger partial charge in [0, 0.05) is 18.7 Å². The molecule has 0 aromatic heterocycles. The lowest BCUT2D eigenvalue weighted by Gasteiger charge is -2.08. The van der Waals surface area contributed by atoms with Crippen molar-refractivity contribution in [1.29, 1.82) is 5.26 Å². The number of halogens is 2. The summed E-state index contributed by atoms with van der Waals surface area (Å²) in [5.74, 6) is -0.376. The van der Waals surface area contributed by atoms with Gasteiger partial charge in [-0.1, -0.05) is 6.07 Å². The first-order chi connectivity index (χ1) is 10.0. The fourth-order valence-corrected chi connectivity index (χ4v) is 1.99. The van der Waals surface area contributed by atoms with Crippen LogP contribution in [0.2, 0.25) is 0 Å². The van der Waals surface area contributed by atoms with Crippen molar-refractivity contribution in [2.75, 3.05) is 5.32 Å². The van der Waals surface area contributed by atoms with Crippen molar-refractivity contribution in [3.63, 3.8) is 0 Å². The van der Waals surface area contributed by atoms with Gasteiger partial charge in [0.1, 0.15) is 11.9 Å². The number of anilines is 1. The van der Waals surface area contributed by atoms with E-state index in [0.29, 0.717) is 22.3 Å². The molecule has 0 fully saturated rings. The zero-order valence-electron chi connectivity index (χ0n) is 10.6. The first-order valence-corrected chi connectivity index (χ1v) is 6.67. The van der Waals surface area contributed by atoms with Gasteiger partial charge >= 0.3 is 0 Å². The van der Waals surface area contributed by atoms with Gasteiger partial charge in [-0.3, -0.25) is 10.1 Å². The van der Waals surface area contributed by atoms with Crippen molar-refractivity contribution < 1.29 is 9.31 Å². The third-order valence-corrected chi connectivity index (χ3v) is 3.44. The second-order valence-electron chi connectivity index (χ2n) is 4.20. The summed E-state index contributed by atoms with van der Waals surface area (Å²) in [6.07, 6.45) is 0. The first-order valence-electron chi connectivity index (χ1n) is 5.87. The average Bonchev–Trinajstić information content (AvgIpc) is 2.48. The van der Waals surface area contributed by atoms with Crippen LogP contribution in [0.1, 0.15) is 11.1 Å². The van der Waals surface area contributed by atoms with Crippen molar-refractivity contribution in [3.8, 4) is 6.07 Å². The number of benzene rings is 2. The largest absolute Gasteiger partial charge is 0.380 e. The highest BCUT2D eigenvalue weighted by Gasteiger charge is 2.10. The second-order valence-corrected chi connectivity index (χ2v) is 5.06. The molecular formula is C14H9BrFN3O2. The number of non-ortho nitro benzene ring substituents is 1. The van der Waals surface area contributed by atoms with Crippen molar-refractivity contribution >= 4 is 27.3 Å². The third-order valence-electron chi connectivity index (χ3n) is 2.80. The van der Waals surface area contributed by atoms with E-state index in [0.717, 1.165) is 0 Å². The Labute approximate surface area is 128 Å². The normalized spacial score (nSPS) is 9.95. The molecule has 2 aromatic carbocycles. The molecule has 0 atom stereocenters. The van der Waals surface area contributed by atoms with E-state index in [1.54, 1.807) is 12.1 Å². The molecule has 5 nitrogen and oxygen atoms in total. The summed E-state index contributed by atoms with van der Waals surface area (Å²) in [6.45, 7) is 0.302. The molecule has 0 unspecified atom stereocenters. The number of nitriles is 1. The Morgan fingerprint density at radius 1 is 1.33 bits per heavy atom. The Morgan fingerprint density at radius 3 is 2.71 bits per heavy atom. The summed E-state index contributed by atoms with van der Waals surface area (Å²) >= 11 is 3.07. The van der Waals surface area contributed by atoms with E-state index >= 15 is 0 Å². The molecule has 0 aliphatic carbocycles. The van der Waals surface area contributed by atoms with Gasteiger partial charge in [-0.15, -0.1) is 0 Å². The molecule has 21 heavy (non-hydrogen) atoms. The zero-order chi connectivity index (χ0) is 15.4. The number of nitrogens with one attached hydrogen (secondary N) is 1. The van der Waals surface area contributed by atoms with Crippen LogP contribution in [0.3, 0.4) is 0 Å². The van der Waals surface area contributed by atoms with Crippen LogP contribution in [-0.2, 0) is 6.54 Å². The Balaban J connectivity index is 2.18. The highest BCUT2D eigenvalue weighted by Crippen LogP contribution is 2.22. The number of rotatable bonds is 4. The van der Waals surface area contributed by atoms with Gasteiger partial charge in [-0.2, -0.15) is 5.26 Å². The van der Waals surface area contributed by atoms with E-state index in [9.17, 15) is 14.5 Å². The van der Waals surface area contributed by atoms with Crippen LogP contribution in [0.4, 0.5) is 15.8 Å². The van der Waals surface area contributed by atoms with Gasteiger partial charge in [-0.25, -0.2) is 4.39 Å². The maximum Gasteiger partial charge on any atom is 0.270 e. The molecule has 0 heterocycles. The Bertz CT molecular complexity index is 743. The predicted molar refractivity (Wildman–Crippen MR) is 79.2 cm³/mol. The molecule has 2 rings (SSSR count). The molecule has 0 radical (unpaired) electrons. The molecule has 0 amide bonds. The number of nitro benzene ring substituents is 1. The van der Waals surface area contributed by atoms with Crippen LogP contribution in [0.15, 0.2) is 40.9 Å². The molecular weight excluding hydrogens is 341 g/mol. The summed E-state index contributed by atoms with van der Waals surface area (Å²) < 4.78 is 13.8. The summed E-state index contributed by atoms with van der Waals surface area (Å²) in [6, 6.07) is 10.6. The lowest BCUT2D eigenvalue weighted by Crippen LogP contribution is -2.02. The minimum atomic E-state index is -0.561. The summed E-state index contributed by atoms with van der Waals surface area (Å²) in [7, 11) is 0. The fraction of sp³-hybridized carbons (Fsp3) is 0.0714. The third kappa shape index (κ3) is 3.55. The Hall–Kier alpha value is -2.46. The van der Waals surface area contributed by atoms with Gasteiger partial charge < -0.3 is 5.32 Å². The quantitative estimate of drug-likeness (QED) is 0.668. The summed E-state index contributed by atoms with van der Waals surface area (Å²) in [4.78, 5) is 10.1. The number of nitrogens with zero attached hydrogens (tertiary/aromatic N) is 2. The van der Waals surface area contributed by atoms with Gasteiger partial charge in [-0.05, 0) is 39.7 Å². The monoisotopic (exact) mass is 349 g/mol. The topological polar surface area (TPSA) is 79.0 Å². The molecule has 0 bridgehead atoms. The first kappa shape index (κ1) is 14.9. The van der Waals surface area contributed by atoms with Crippen LogP contribution in [0.5, 0.6) is 0 Å². The van der Waals surface area contributed by atoms with Crippen LogP contribution >= 0.6 is 15.9 Å². The van der Waals surface area contributed by atoms with Gasteiger partial charge in [0.25, 0.3) is 5.69 Å². The highest BCUT2D eigenvalue weighted by atomic mass is 79.9. The molecule has 1 N–H and O–H groups in total. The Kier molecular flexibility index (Phi) is 4.50. The summed E-state index contributed by atoms with van der Waals surface area (Å²) in [5.41, 5.74) is 1.18. The SMILES string of the molecule is N#Cc1cc([N+](=O)[O-])ccc1NCc1ccc(Br)c(F)c1. The molecule has 0 spiro atoms. The maximum absolute atomic E-state index is 13.4. The fourth-order valence-electron chi connectivity index (χ4n) is 1.74. The molecule has 7 heteroatoms. The van der Waals surface area contributed by atoms with Crippen molar-refractivity contribution in [2.24, 2.45) is 0 Å². The molecule has 0 saturated carbocycles. The van der Waals surface area contributed by atoms with E-state index in [2.05, 4.69) is 21.2 Å². The van der Waals surface area contributed by atoms with Crippen LogP contribution < -0.4 is 5.32 Å². The smallest absolute Gasteiger partial charge is 0.270 e. The molecule has 2 aromatic rings. The standard InChI is InChI=1S/C14H9BrFN3O2/c15-12-3-1-9(5-13(12)16)8-18-14-4-2-11(19(20)21)6-10(14)7-17/h1-6,18H,8H2. The van der Waals surface area contributed by atoms with E-state index in [1.807, 2.05) is 6.07 Å². The molecule has 0 saturated heterocycles. The maximum atomic E-state index is 13.4. The van der Waals surface area contributed by atoms with Crippen LogP contribution in [-0.4, -0.2) is 4.92 Å². The van der Waals surface area contributed by atoms with Crippen LogP contribution in [0, 0.1) is 27.3 Å². The average molecular weight is 350 g/mol. The van der Waals surface area contributed by atoms with Crippen LogP contribution in [0.25, 0.3) is 0 Å². The second kappa shape index (κ2) is 6.33. The van der Waals surface area contributed by atoms with E-state index < -0.39 is 4.92 Å². The highest BCUT2D eigenvalue weighted by molar-refractivity contribution is 9.10. The van der Waals surface area contributed by atoms with Crippen molar-refractivity contribution in [1.82, 2.24) is 0 Å². The van der Waals surface area contributed by atoms with Gasteiger partial charge in [0.15, 0.2) is 0 Å². The number of nitro groups is 1. The molecule has 0 aliphatic heterocycles. The lowest BCUT2D eigenvalue weighted by atomic mass is 10.1. The zero-order valence-corrected chi connectivity index (χ0v) is 12.2. The van der Waals surface area contributed by atoms with Crippen molar-refractivity contribution in [3.05, 3.63) is 67.9 Å². The van der Waals surface area contributed by atoms with E-state index in [1.165, 1.54) is 24.3 Å².